The number of carbonyl (C=O) groups excluding carboxylic acids is 1. The summed E-state index contributed by atoms with van der Waals surface area (Å²) in [7, 11) is 3.39. The average Bonchev–Trinajstić information content (AvgIpc) is 3.00. The fourth-order valence-corrected chi connectivity index (χ4v) is 2.63. The van der Waals surface area contributed by atoms with E-state index < -0.39 is 11.9 Å². The first-order valence-corrected chi connectivity index (χ1v) is 7.39. The predicted molar refractivity (Wildman–Crippen MR) is 85.8 cm³/mol. The molecule has 2 aromatic rings. The van der Waals surface area contributed by atoms with Gasteiger partial charge in [0.15, 0.2) is 0 Å². The normalized spacial score (nSPS) is 12.2. The molecule has 1 N–H and O–H groups in total. The summed E-state index contributed by atoms with van der Waals surface area (Å²) >= 11 is 0. The number of carboxylic acid groups (broad SMARTS) is 1. The molecule has 0 saturated carbocycles. The Labute approximate surface area is 135 Å². The number of hydrogen-bond acceptors (Lipinski definition) is 3. The summed E-state index contributed by atoms with van der Waals surface area (Å²) in [6.45, 7) is 5.65. The molecule has 0 aliphatic carbocycles. The molecule has 7 nitrogen and oxygen atoms in total. The van der Waals surface area contributed by atoms with E-state index in [9.17, 15) is 9.59 Å². The van der Waals surface area contributed by atoms with Crippen LogP contribution in [0.1, 0.15) is 28.7 Å². The second-order valence-corrected chi connectivity index (χ2v) is 5.88. The minimum absolute atomic E-state index is 0.145. The summed E-state index contributed by atoms with van der Waals surface area (Å²) in [5.41, 5.74) is 2.46. The first-order valence-electron chi connectivity index (χ1n) is 7.39. The fraction of sp³-hybridized carbons (Fsp3) is 0.438. The van der Waals surface area contributed by atoms with E-state index in [2.05, 4.69) is 5.10 Å². The molecule has 1 amide bonds. The van der Waals surface area contributed by atoms with Crippen molar-refractivity contribution in [3.05, 3.63) is 35.3 Å². The van der Waals surface area contributed by atoms with E-state index >= 15 is 0 Å². The second-order valence-electron chi connectivity index (χ2n) is 5.88. The van der Waals surface area contributed by atoms with Crippen molar-refractivity contribution in [1.82, 2.24) is 19.2 Å². The molecule has 0 aliphatic heterocycles. The van der Waals surface area contributed by atoms with Gasteiger partial charge in [0.1, 0.15) is 11.4 Å². The van der Waals surface area contributed by atoms with E-state index in [0.717, 1.165) is 11.4 Å². The van der Waals surface area contributed by atoms with Crippen LogP contribution in [-0.4, -0.2) is 49.8 Å². The number of carboxylic acids is 1. The molecule has 0 bridgehead atoms. The molecule has 23 heavy (non-hydrogen) atoms. The quantitative estimate of drug-likeness (QED) is 0.908. The van der Waals surface area contributed by atoms with Crippen LogP contribution in [-0.2, 0) is 11.8 Å². The SMILES string of the molecule is Cc1ccc(C)n1-c1c(C(=O)N(C)CC(C)C(=O)O)cnn1C. The van der Waals surface area contributed by atoms with E-state index in [1.165, 1.54) is 11.1 Å². The molecule has 1 unspecified atom stereocenters. The van der Waals surface area contributed by atoms with Gasteiger partial charge < -0.3 is 14.6 Å². The van der Waals surface area contributed by atoms with Gasteiger partial charge in [-0.2, -0.15) is 5.10 Å². The molecule has 2 rings (SSSR count). The lowest BCUT2D eigenvalue weighted by Gasteiger charge is -2.20. The van der Waals surface area contributed by atoms with E-state index in [1.807, 2.05) is 30.5 Å². The molecule has 0 fully saturated rings. The number of nitrogens with zero attached hydrogens (tertiary/aromatic N) is 4. The maximum atomic E-state index is 12.7. The highest BCUT2D eigenvalue weighted by Crippen LogP contribution is 2.21. The van der Waals surface area contributed by atoms with Crippen molar-refractivity contribution < 1.29 is 14.7 Å². The zero-order valence-corrected chi connectivity index (χ0v) is 14.1. The average molecular weight is 318 g/mol. The van der Waals surface area contributed by atoms with Crippen LogP contribution in [0.3, 0.4) is 0 Å². The number of carbonyl (C=O) groups is 2. The monoisotopic (exact) mass is 318 g/mol. The van der Waals surface area contributed by atoms with Crippen LogP contribution in [0.15, 0.2) is 18.3 Å². The summed E-state index contributed by atoms with van der Waals surface area (Å²) < 4.78 is 3.62. The number of aromatic nitrogens is 3. The molecule has 2 heterocycles. The van der Waals surface area contributed by atoms with Gasteiger partial charge in [0.05, 0.1) is 12.1 Å². The molecule has 0 spiro atoms. The third-order valence-corrected chi connectivity index (χ3v) is 3.94. The van der Waals surface area contributed by atoms with Gasteiger partial charge in [-0.3, -0.25) is 14.3 Å². The van der Waals surface area contributed by atoms with Gasteiger partial charge in [0, 0.05) is 32.0 Å². The zero-order chi connectivity index (χ0) is 17.3. The molecule has 1 atom stereocenters. The van der Waals surface area contributed by atoms with Crippen molar-refractivity contribution in [1.29, 1.82) is 0 Å². The highest BCUT2D eigenvalue weighted by Gasteiger charge is 2.24. The zero-order valence-electron chi connectivity index (χ0n) is 14.1. The molecular weight excluding hydrogens is 296 g/mol. The van der Waals surface area contributed by atoms with E-state index in [4.69, 9.17) is 5.11 Å². The second kappa shape index (κ2) is 6.28. The number of amides is 1. The first kappa shape index (κ1) is 16.8. The van der Waals surface area contributed by atoms with Crippen molar-refractivity contribution in [2.24, 2.45) is 13.0 Å². The minimum Gasteiger partial charge on any atom is -0.481 e. The van der Waals surface area contributed by atoms with Gasteiger partial charge >= 0.3 is 5.97 Å². The van der Waals surface area contributed by atoms with Crippen LogP contribution in [0.25, 0.3) is 5.82 Å². The Morgan fingerprint density at radius 1 is 1.30 bits per heavy atom. The van der Waals surface area contributed by atoms with Crippen LogP contribution in [0.2, 0.25) is 0 Å². The Balaban J connectivity index is 2.38. The molecule has 0 radical (unpaired) electrons. The molecule has 0 aliphatic rings. The third-order valence-electron chi connectivity index (χ3n) is 3.94. The summed E-state index contributed by atoms with van der Waals surface area (Å²) in [6, 6.07) is 3.96. The van der Waals surface area contributed by atoms with Crippen molar-refractivity contribution in [2.75, 3.05) is 13.6 Å². The maximum absolute atomic E-state index is 12.7. The Morgan fingerprint density at radius 2 is 1.87 bits per heavy atom. The lowest BCUT2D eigenvalue weighted by Crippen LogP contribution is -2.34. The standard InChI is InChI=1S/C16H22N4O3/c1-10(16(22)23)9-18(4)15(21)13-8-17-19(5)14(13)20-11(2)6-7-12(20)3/h6-8,10H,9H2,1-5H3,(H,22,23). The summed E-state index contributed by atoms with van der Waals surface area (Å²) in [5, 5.41) is 13.2. The Hall–Kier alpha value is -2.57. The molecule has 2 aromatic heterocycles. The van der Waals surface area contributed by atoms with Gasteiger partial charge in [-0.25, -0.2) is 0 Å². The lowest BCUT2D eigenvalue weighted by molar-refractivity contribution is -0.141. The third kappa shape index (κ3) is 3.13. The van der Waals surface area contributed by atoms with Gasteiger partial charge in [-0.15, -0.1) is 0 Å². The summed E-state index contributed by atoms with van der Waals surface area (Å²) in [5.74, 6) is -1.11. The van der Waals surface area contributed by atoms with Crippen molar-refractivity contribution >= 4 is 11.9 Å². The highest BCUT2D eigenvalue weighted by molar-refractivity contribution is 5.97. The Bertz CT molecular complexity index is 725. The number of hydrogen-bond donors (Lipinski definition) is 1. The van der Waals surface area contributed by atoms with Crippen molar-refractivity contribution in [3.63, 3.8) is 0 Å². The Morgan fingerprint density at radius 3 is 2.39 bits per heavy atom. The number of rotatable bonds is 5. The molecule has 0 saturated heterocycles. The van der Waals surface area contributed by atoms with Crippen molar-refractivity contribution in [2.45, 2.75) is 20.8 Å². The highest BCUT2D eigenvalue weighted by atomic mass is 16.4. The van der Waals surface area contributed by atoms with Gasteiger partial charge in [0.2, 0.25) is 0 Å². The number of aliphatic carboxylic acids is 1. The first-order chi connectivity index (χ1) is 10.7. The van der Waals surface area contributed by atoms with Crippen LogP contribution >= 0.6 is 0 Å². The minimum atomic E-state index is -0.923. The van der Waals surface area contributed by atoms with E-state index in [-0.39, 0.29) is 12.5 Å². The van der Waals surface area contributed by atoms with Gasteiger partial charge in [-0.05, 0) is 26.0 Å². The summed E-state index contributed by atoms with van der Waals surface area (Å²) in [6.07, 6.45) is 1.53. The Kier molecular flexibility index (Phi) is 4.58. The number of aryl methyl sites for hydroxylation is 3. The topological polar surface area (TPSA) is 80.4 Å². The van der Waals surface area contributed by atoms with Crippen LogP contribution < -0.4 is 0 Å². The lowest BCUT2D eigenvalue weighted by atomic mass is 10.1. The van der Waals surface area contributed by atoms with Gasteiger partial charge in [0.25, 0.3) is 5.91 Å². The molecule has 124 valence electrons. The van der Waals surface area contributed by atoms with Crippen LogP contribution in [0.5, 0.6) is 0 Å². The summed E-state index contributed by atoms with van der Waals surface area (Å²) in [4.78, 5) is 25.1. The predicted octanol–water partition coefficient (Wildman–Crippen LogP) is 1.62. The van der Waals surface area contributed by atoms with E-state index in [1.54, 1.807) is 25.7 Å². The van der Waals surface area contributed by atoms with Crippen molar-refractivity contribution in [3.8, 4) is 5.82 Å². The molecule has 0 aromatic carbocycles. The van der Waals surface area contributed by atoms with E-state index in [0.29, 0.717) is 11.4 Å². The van der Waals surface area contributed by atoms with Gasteiger partial charge in [-0.1, -0.05) is 6.92 Å². The molecular formula is C16H22N4O3. The fourth-order valence-electron chi connectivity index (χ4n) is 2.63. The maximum Gasteiger partial charge on any atom is 0.308 e. The van der Waals surface area contributed by atoms with Crippen LogP contribution in [0.4, 0.5) is 0 Å². The molecule has 7 heteroatoms. The smallest absolute Gasteiger partial charge is 0.308 e. The van der Waals surface area contributed by atoms with Crippen LogP contribution in [0, 0.1) is 19.8 Å². The largest absolute Gasteiger partial charge is 0.481 e.